The van der Waals surface area contributed by atoms with Gasteiger partial charge >= 0.3 is 0 Å². The topological polar surface area (TPSA) is 59.6 Å². The molecule has 2 aliphatic rings. The Morgan fingerprint density at radius 2 is 1.70 bits per heavy atom. The van der Waals surface area contributed by atoms with Crippen LogP contribution in [-0.2, 0) is 4.79 Å². The van der Waals surface area contributed by atoms with Gasteiger partial charge in [0.15, 0.2) is 5.78 Å². The van der Waals surface area contributed by atoms with Crippen LogP contribution in [0.3, 0.4) is 0 Å². The molecule has 0 saturated heterocycles. The first-order valence-electron chi connectivity index (χ1n) is 11.2. The quantitative estimate of drug-likeness (QED) is 0.522. The monoisotopic (exact) mass is 440 g/mol. The Hall–Kier alpha value is -3.73. The van der Waals surface area contributed by atoms with E-state index in [0.29, 0.717) is 12.8 Å². The van der Waals surface area contributed by atoms with Gasteiger partial charge in [-0.1, -0.05) is 42.0 Å². The van der Waals surface area contributed by atoms with Gasteiger partial charge in [0.25, 0.3) is 0 Å². The van der Waals surface area contributed by atoms with Crippen molar-refractivity contribution in [2.24, 2.45) is 0 Å². The van der Waals surface area contributed by atoms with Crippen LogP contribution in [0.15, 0.2) is 78.0 Å². The van der Waals surface area contributed by atoms with Crippen molar-refractivity contribution in [3.8, 4) is 11.5 Å². The van der Waals surface area contributed by atoms with Crippen LogP contribution < -0.4 is 20.1 Å². The number of hydrogen-bond donors (Lipinski definition) is 2. The SMILES string of the molecule is COc1ccc(OC)c(C2CC(=O)C3=C(C2)Nc2ccccc2NC3c2cccc(C)c2)c1. The smallest absolute Gasteiger partial charge is 0.163 e. The molecule has 0 radical (unpaired) electrons. The van der Waals surface area contributed by atoms with Crippen molar-refractivity contribution in [2.45, 2.75) is 31.7 Å². The van der Waals surface area contributed by atoms with E-state index in [4.69, 9.17) is 9.47 Å². The molecule has 2 N–H and O–H groups in total. The molecule has 0 bridgehead atoms. The van der Waals surface area contributed by atoms with Gasteiger partial charge in [0.2, 0.25) is 0 Å². The molecule has 1 aliphatic heterocycles. The second kappa shape index (κ2) is 8.66. The maximum Gasteiger partial charge on any atom is 0.163 e. The molecule has 0 spiro atoms. The third-order valence-corrected chi connectivity index (χ3v) is 6.56. The molecular formula is C28H28N2O3. The number of nitrogens with one attached hydrogen (secondary N) is 2. The van der Waals surface area contributed by atoms with Gasteiger partial charge in [-0.15, -0.1) is 0 Å². The highest BCUT2D eigenvalue weighted by Gasteiger charge is 2.37. The highest BCUT2D eigenvalue weighted by atomic mass is 16.5. The number of hydrogen-bond acceptors (Lipinski definition) is 5. The first-order chi connectivity index (χ1) is 16.1. The van der Waals surface area contributed by atoms with Gasteiger partial charge in [0.05, 0.1) is 31.6 Å². The Kier molecular flexibility index (Phi) is 5.55. The number of carbonyl (C=O) groups is 1. The Labute approximate surface area is 194 Å². The lowest BCUT2D eigenvalue weighted by Gasteiger charge is -2.30. The molecule has 0 saturated carbocycles. The minimum absolute atomic E-state index is 0.00257. The number of ketones is 1. The first kappa shape index (κ1) is 21.1. The normalized spacial score (nSPS) is 19.5. The van der Waals surface area contributed by atoms with E-state index < -0.39 is 0 Å². The molecule has 5 heteroatoms. The van der Waals surface area contributed by atoms with Crippen LogP contribution in [0.4, 0.5) is 11.4 Å². The van der Waals surface area contributed by atoms with Crippen molar-refractivity contribution in [1.82, 2.24) is 0 Å². The average molecular weight is 441 g/mol. The number of benzene rings is 3. The number of aryl methyl sites for hydroxylation is 1. The van der Waals surface area contributed by atoms with Crippen LogP contribution in [0, 0.1) is 6.92 Å². The molecule has 0 aromatic heterocycles. The fraction of sp³-hybridized carbons (Fsp3) is 0.250. The Bertz CT molecular complexity index is 1250. The number of Topliss-reactive ketones (excluding diaryl/α,β-unsaturated/α-hetero) is 1. The minimum atomic E-state index is -0.211. The van der Waals surface area contributed by atoms with Crippen LogP contribution in [0.5, 0.6) is 11.5 Å². The summed E-state index contributed by atoms with van der Waals surface area (Å²) in [5.41, 5.74) is 7.00. The van der Waals surface area contributed by atoms with E-state index in [0.717, 1.165) is 45.3 Å². The summed E-state index contributed by atoms with van der Waals surface area (Å²) in [5.74, 6) is 1.68. The first-order valence-corrected chi connectivity index (χ1v) is 11.2. The fourth-order valence-electron chi connectivity index (χ4n) is 4.97. The third-order valence-electron chi connectivity index (χ3n) is 6.56. The van der Waals surface area contributed by atoms with Gasteiger partial charge in [0.1, 0.15) is 11.5 Å². The molecule has 3 aromatic carbocycles. The fourth-order valence-corrected chi connectivity index (χ4v) is 4.97. The van der Waals surface area contributed by atoms with Crippen molar-refractivity contribution in [3.63, 3.8) is 0 Å². The van der Waals surface area contributed by atoms with E-state index in [1.807, 2.05) is 42.5 Å². The highest BCUT2D eigenvalue weighted by Crippen LogP contribution is 2.46. The van der Waals surface area contributed by atoms with Crippen molar-refractivity contribution >= 4 is 17.2 Å². The molecule has 0 fully saturated rings. The third kappa shape index (κ3) is 3.95. The summed E-state index contributed by atoms with van der Waals surface area (Å²) in [4.78, 5) is 13.7. The molecule has 2 unspecified atom stereocenters. The predicted molar refractivity (Wildman–Crippen MR) is 131 cm³/mol. The molecule has 5 nitrogen and oxygen atoms in total. The van der Waals surface area contributed by atoms with E-state index in [2.05, 4.69) is 41.8 Å². The predicted octanol–water partition coefficient (Wildman–Crippen LogP) is 5.99. The lowest BCUT2D eigenvalue weighted by Crippen LogP contribution is -2.27. The van der Waals surface area contributed by atoms with Crippen LogP contribution in [0.1, 0.15) is 41.5 Å². The van der Waals surface area contributed by atoms with Gasteiger partial charge in [-0.3, -0.25) is 4.79 Å². The zero-order chi connectivity index (χ0) is 22.9. The lowest BCUT2D eigenvalue weighted by atomic mass is 9.78. The number of ether oxygens (including phenoxy) is 2. The van der Waals surface area contributed by atoms with E-state index in [9.17, 15) is 4.79 Å². The molecule has 1 heterocycles. The Morgan fingerprint density at radius 1 is 0.879 bits per heavy atom. The number of para-hydroxylation sites is 2. The van der Waals surface area contributed by atoms with Crippen LogP contribution >= 0.6 is 0 Å². The number of allylic oxidation sites excluding steroid dienone is 1. The van der Waals surface area contributed by atoms with Crippen LogP contribution in [0.2, 0.25) is 0 Å². The van der Waals surface area contributed by atoms with Crippen molar-refractivity contribution in [3.05, 3.63) is 94.7 Å². The van der Waals surface area contributed by atoms with Crippen LogP contribution in [-0.4, -0.2) is 20.0 Å². The number of methoxy groups -OCH3 is 2. The summed E-state index contributed by atoms with van der Waals surface area (Å²) in [5, 5.41) is 7.24. The van der Waals surface area contributed by atoms with E-state index in [1.54, 1.807) is 14.2 Å². The molecule has 2 atom stereocenters. The number of carbonyl (C=O) groups excluding carboxylic acids is 1. The van der Waals surface area contributed by atoms with Crippen molar-refractivity contribution < 1.29 is 14.3 Å². The summed E-state index contributed by atoms with van der Waals surface area (Å²) in [7, 11) is 3.32. The largest absolute Gasteiger partial charge is 0.497 e. The van der Waals surface area contributed by atoms with Crippen molar-refractivity contribution in [1.29, 1.82) is 0 Å². The zero-order valence-electron chi connectivity index (χ0n) is 19.1. The zero-order valence-corrected chi connectivity index (χ0v) is 19.1. The van der Waals surface area contributed by atoms with Gasteiger partial charge in [-0.2, -0.15) is 0 Å². The minimum Gasteiger partial charge on any atom is -0.497 e. The maximum absolute atomic E-state index is 13.7. The molecular weight excluding hydrogens is 412 g/mol. The van der Waals surface area contributed by atoms with E-state index >= 15 is 0 Å². The molecule has 33 heavy (non-hydrogen) atoms. The summed E-state index contributed by atoms with van der Waals surface area (Å²) < 4.78 is 11.1. The average Bonchev–Trinajstić information content (AvgIpc) is 3.00. The maximum atomic E-state index is 13.7. The van der Waals surface area contributed by atoms with Gasteiger partial charge < -0.3 is 20.1 Å². The molecule has 168 valence electrons. The van der Waals surface area contributed by atoms with Crippen molar-refractivity contribution in [2.75, 3.05) is 24.9 Å². The molecule has 0 amide bonds. The van der Waals surface area contributed by atoms with Crippen LogP contribution in [0.25, 0.3) is 0 Å². The standard InChI is InChI=1S/C28H28N2O3/c1-17-7-6-8-18(13-17)28-27-24(29-22-9-4-5-10-23(22)30-28)14-19(15-25(27)31)21-16-20(32-2)11-12-26(21)33-3/h4-13,16,19,28-30H,14-15H2,1-3H3. The number of fused-ring (bicyclic) bond motifs is 1. The van der Waals surface area contributed by atoms with Gasteiger partial charge in [-0.25, -0.2) is 0 Å². The van der Waals surface area contributed by atoms with E-state index in [1.165, 1.54) is 5.56 Å². The van der Waals surface area contributed by atoms with Gasteiger partial charge in [0, 0.05) is 29.2 Å². The number of rotatable bonds is 4. The summed E-state index contributed by atoms with van der Waals surface area (Å²) >= 11 is 0. The van der Waals surface area contributed by atoms with E-state index in [-0.39, 0.29) is 17.7 Å². The summed E-state index contributed by atoms with van der Waals surface area (Å²) in [6.45, 7) is 2.08. The summed E-state index contributed by atoms with van der Waals surface area (Å²) in [6.07, 6.45) is 1.13. The lowest BCUT2D eigenvalue weighted by molar-refractivity contribution is -0.116. The Morgan fingerprint density at radius 3 is 2.45 bits per heavy atom. The van der Waals surface area contributed by atoms with Gasteiger partial charge in [-0.05, 0) is 49.2 Å². The second-order valence-electron chi connectivity index (χ2n) is 8.69. The molecule has 1 aliphatic carbocycles. The highest BCUT2D eigenvalue weighted by molar-refractivity contribution is 6.01. The number of anilines is 2. The molecule has 3 aromatic rings. The Balaban J connectivity index is 1.62. The second-order valence-corrected chi connectivity index (χ2v) is 8.69. The summed E-state index contributed by atoms with van der Waals surface area (Å²) in [6, 6.07) is 22.1. The molecule has 5 rings (SSSR count).